The number of hydrogen-bond donors (Lipinski definition) is 3. The molecule has 4 aromatic rings. The second kappa shape index (κ2) is 11.0. The first kappa shape index (κ1) is 27.4. The zero-order valence-corrected chi connectivity index (χ0v) is 22.5. The van der Waals surface area contributed by atoms with E-state index in [9.17, 15) is 18.5 Å². The Morgan fingerprint density at radius 2 is 1.56 bits per heavy atom. The molecule has 0 atom stereocenters. The van der Waals surface area contributed by atoms with Gasteiger partial charge in [-0.1, -0.05) is 42.5 Å². The van der Waals surface area contributed by atoms with Crippen molar-refractivity contribution in [2.75, 3.05) is 11.1 Å². The van der Waals surface area contributed by atoms with Gasteiger partial charge < -0.3 is 15.8 Å². The predicted octanol–water partition coefficient (Wildman–Crippen LogP) is 5.93. The maximum Gasteiger partial charge on any atom is 0.259 e. The van der Waals surface area contributed by atoms with E-state index in [2.05, 4.69) is 16.1 Å². The lowest BCUT2D eigenvalue weighted by Crippen LogP contribution is -2.40. The van der Waals surface area contributed by atoms with Crippen LogP contribution in [0.15, 0.2) is 95.9 Å². The van der Waals surface area contributed by atoms with E-state index in [1.165, 1.54) is 6.07 Å². The third-order valence-corrected chi connectivity index (χ3v) is 7.36. The summed E-state index contributed by atoms with van der Waals surface area (Å²) in [4.78, 5) is 13.4. The molecule has 0 fully saturated rings. The number of amides is 1. The van der Waals surface area contributed by atoms with Gasteiger partial charge in [-0.05, 0) is 74.9 Å². The molecule has 8 nitrogen and oxygen atoms in total. The maximum atomic E-state index is 13.2. The number of para-hydroxylation sites is 1. The normalized spacial score (nSPS) is 11.4. The van der Waals surface area contributed by atoms with Crippen molar-refractivity contribution in [1.29, 1.82) is 5.26 Å². The first-order valence-electron chi connectivity index (χ1n) is 12.1. The van der Waals surface area contributed by atoms with Crippen LogP contribution in [0.4, 0.5) is 11.4 Å². The van der Waals surface area contributed by atoms with Crippen LogP contribution < -0.4 is 20.5 Å². The van der Waals surface area contributed by atoms with Crippen molar-refractivity contribution in [3.05, 3.63) is 102 Å². The molecule has 4 aromatic carbocycles. The zero-order valence-electron chi connectivity index (χ0n) is 21.7. The van der Waals surface area contributed by atoms with Crippen molar-refractivity contribution < 1.29 is 17.9 Å². The van der Waals surface area contributed by atoms with Crippen molar-refractivity contribution in [2.45, 2.75) is 31.2 Å². The number of hydrogen-bond acceptors (Lipinski definition) is 6. The predicted molar refractivity (Wildman–Crippen MR) is 152 cm³/mol. The molecule has 0 radical (unpaired) electrons. The van der Waals surface area contributed by atoms with Gasteiger partial charge in [0, 0.05) is 22.5 Å². The van der Waals surface area contributed by atoms with Gasteiger partial charge in [-0.2, -0.15) is 5.26 Å². The number of sulfonamides is 1. The molecule has 1 amide bonds. The smallest absolute Gasteiger partial charge is 0.259 e. The van der Waals surface area contributed by atoms with Gasteiger partial charge in [0.05, 0.1) is 16.0 Å². The molecule has 39 heavy (non-hydrogen) atoms. The first-order valence-corrected chi connectivity index (χ1v) is 13.6. The average molecular weight is 541 g/mol. The van der Waals surface area contributed by atoms with Gasteiger partial charge in [-0.15, -0.1) is 0 Å². The number of carbonyl (C=O) groups excluding carboxylic acids is 1. The number of nitrogens with one attached hydrogen (secondary N) is 2. The van der Waals surface area contributed by atoms with E-state index < -0.39 is 21.5 Å². The lowest BCUT2D eigenvalue weighted by molar-refractivity contribution is 0.102. The van der Waals surface area contributed by atoms with E-state index in [0.29, 0.717) is 33.8 Å². The van der Waals surface area contributed by atoms with Gasteiger partial charge in [-0.3, -0.25) is 4.79 Å². The van der Waals surface area contributed by atoms with E-state index in [0.717, 1.165) is 0 Å². The van der Waals surface area contributed by atoms with Crippen LogP contribution in [0.1, 0.15) is 36.7 Å². The monoisotopic (exact) mass is 540 g/mol. The summed E-state index contributed by atoms with van der Waals surface area (Å²) >= 11 is 0. The van der Waals surface area contributed by atoms with Gasteiger partial charge in [0.15, 0.2) is 0 Å². The summed E-state index contributed by atoms with van der Waals surface area (Å²) in [5.41, 5.74) is 7.89. The highest BCUT2D eigenvalue weighted by Gasteiger charge is 2.25. The Hall–Kier alpha value is -4.65. The molecule has 0 saturated carbocycles. The van der Waals surface area contributed by atoms with E-state index >= 15 is 0 Å². The van der Waals surface area contributed by atoms with Gasteiger partial charge in [-0.25, -0.2) is 13.1 Å². The van der Waals surface area contributed by atoms with Crippen LogP contribution in [0, 0.1) is 11.3 Å². The SMILES string of the molecule is CC(C)(C)NS(=O)(=O)c1ccccc1-c1ccc(NC(=O)c2cc(N)ccc2Oc2ccccc2C#N)cc1. The number of ether oxygens (including phenoxy) is 1. The molecule has 0 aromatic heterocycles. The van der Waals surface area contributed by atoms with Crippen molar-refractivity contribution in [3.63, 3.8) is 0 Å². The third kappa shape index (κ3) is 6.62. The lowest BCUT2D eigenvalue weighted by atomic mass is 10.1. The van der Waals surface area contributed by atoms with Crippen molar-refractivity contribution in [1.82, 2.24) is 4.72 Å². The second-order valence-electron chi connectivity index (χ2n) is 9.85. The Balaban J connectivity index is 1.59. The third-order valence-electron chi connectivity index (χ3n) is 5.55. The molecule has 0 saturated heterocycles. The second-order valence-corrected chi connectivity index (χ2v) is 11.5. The minimum atomic E-state index is -3.77. The lowest BCUT2D eigenvalue weighted by Gasteiger charge is -2.21. The number of nitrogens with zero attached hydrogens (tertiary/aromatic N) is 1. The molecule has 0 unspecified atom stereocenters. The Labute approximate surface area is 228 Å². The molecular weight excluding hydrogens is 512 g/mol. The van der Waals surface area contributed by atoms with Crippen molar-refractivity contribution >= 4 is 27.3 Å². The standard InChI is InChI=1S/C30H28N4O4S/c1-30(2,3)34-39(36,37)28-11-7-5-9-24(28)20-12-15-23(16-13-20)33-29(35)25-18-22(32)14-17-27(25)38-26-10-6-4-8-21(26)19-31/h4-18,34H,32H2,1-3H3,(H,33,35). The number of carbonyl (C=O) groups is 1. The molecule has 0 aliphatic carbocycles. The molecule has 0 aliphatic heterocycles. The summed E-state index contributed by atoms with van der Waals surface area (Å²) in [7, 11) is -3.77. The highest BCUT2D eigenvalue weighted by Crippen LogP contribution is 2.31. The summed E-state index contributed by atoms with van der Waals surface area (Å²) < 4.78 is 34.7. The quantitative estimate of drug-likeness (QED) is 0.249. The highest BCUT2D eigenvalue weighted by molar-refractivity contribution is 7.89. The molecule has 4 rings (SSSR count). The number of nitriles is 1. The average Bonchev–Trinajstić information content (AvgIpc) is 2.89. The number of rotatable bonds is 7. The van der Waals surface area contributed by atoms with Crippen LogP contribution in [0.2, 0.25) is 0 Å². The summed E-state index contributed by atoms with van der Waals surface area (Å²) in [6.07, 6.45) is 0. The number of nitrogens with two attached hydrogens (primary N) is 1. The largest absolute Gasteiger partial charge is 0.455 e. The minimum Gasteiger partial charge on any atom is -0.455 e. The van der Waals surface area contributed by atoms with Crippen LogP contribution in [-0.2, 0) is 10.0 Å². The first-order chi connectivity index (χ1) is 18.5. The van der Waals surface area contributed by atoms with E-state index in [1.807, 2.05) is 0 Å². The van der Waals surface area contributed by atoms with Crippen molar-refractivity contribution in [2.24, 2.45) is 0 Å². The fraction of sp³-hybridized carbons (Fsp3) is 0.133. The van der Waals surface area contributed by atoms with Gasteiger partial charge in [0.1, 0.15) is 17.6 Å². The zero-order chi connectivity index (χ0) is 28.2. The van der Waals surface area contributed by atoms with Crippen LogP contribution in [0.25, 0.3) is 11.1 Å². The van der Waals surface area contributed by atoms with E-state index in [1.54, 1.807) is 106 Å². The molecular formula is C30H28N4O4S. The van der Waals surface area contributed by atoms with Crippen LogP contribution >= 0.6 is 0 Å². The van der Waals surface area contributed by atoms with Gasteiger partial charge >= 0.3 is 0 Å². The molecule has 0 aliphatic rings. The molecule has 4 N–H and O–H groups in total. The van der Waals surface area contributed by atoms with Crippen LogP contribution in [-0.4, -0.2) is 19.9 Å². The molecule has 0 bridgehead atoms. The van der Waals surface area contributed by atoms with Crippen molar-refractivity contribution in [3.8, 4) is 28.7 Å². The summed E-state index contributed by atoms with van der Waals surface area (Å²) in [5.74, 6) is 0.0982. The van der Waals surface area contributed by atoms with Crippen LogP contribution in [0.3, 0.4) is 0 Å². The fourth-order valence-electron chi connectivity index (χ4n) is 3.91. The van der Waals surface area contributed by atoms with Crippen LogP contribution in [0.5, 0.6) is 11.5 Å². The van der Waals surface area contributed by atoms with E-state index in [-0.39, 0.29) is 16.2 Å². The summed E-state index contributed by atoms with van der Waals surface area (Å²) in [6.45, 7) is 5.34. The number of anilines is 2. The molecule has 0 heterocycles. The Kier molecular flexibility index (Phi) is 7.72. The van der Waals surface area contributed by atoms with Gasteiger partial charge in [0.25, 0.3) is 5.91 Å². The summed E-state index contributed by atoms with van der Waals surface area (Å²) in [5, 5.41) is 12.2. The minimum absolute atomic E-state index is 0.163. The Morgan fingerprint density at radius 3 is 2.26 bits per heavy atom. The molecule has 9 heteroatoms. The molecule has 0 spiro atoms. The Bertz CT molecular complexity index is 1670. The fourth-order valence-corrected chi connectivity index (χ4v) is 5.56. The molecule has 198 valence electrons. The number of benzene rings is 4. The van der Waals surface area contributed by atoms with E-state index in [4.69, 9.17) is 10.5 Å². The topological polar surface area (TPSA) is 134 Å². The highest BCUT2D eigenvalue weighted by atomic mass is 32.2. The Morgan fingerprint density at radius 1 is 0.897 bits per heavy atom. The summed E-state index contributed by atoms with van der Waals surface area (Å²) in [6, 6.07) is 27.1. The number of nitrogen functional groups attached to an aromatic ring is 1. The van der Waals surface area contributed by atoms with Gasteiger partial charge in [0.2, 0.25) is 10.0 Å². The maximum absolute atomic E-state index is 13.2.